The standard InChI is InChI=1S/C18H9ClF6O/c19-16(26)6-10-5-9-1-2-11(17(20,21)22)7-14(9)15-8-12(18(23,24)25)3-4-13(10)15/h1-5,7-8H,6H2. The minimum absolute atomic E-state index is 0.0173. The molecule has 0 aliphatic heterocycles. The summed E-state index contributed by atoms with van der Waals surface area (Å²) in [6.07, 6.45) is -9.53. The Morgan fingerprint density at radius 3 is 1.85 bits per heavy atom. The van der Waals surface area contributed by atoms with Crippen molar-refractivity contribution < 1.29 is 31.1 Å². The first-order valence-corrected chi connectivity index (χ1v) is 7.67. The number of carbonyl (C=O) groups is 1. The fourth-order valence-corrected chi connectivity index (χ4v) is 3.02. The van der Waals surface area contributed by atoms with E-state index < -0.39 is 28.7 Å². The fraction of sp³-hybridized carbons (Fsp3) is 0.167. The molecule has 0 fully saturated rings. The lowest BCUT2D eigenvalue weighted by Crippen LogP contribution is -2.06. The van der Waals surface area contributed by atoms with Crippen molar-refractivity contribution >= 4 is 38.4 Å². The van der Waals surface area contributed by atoms with E-state index in [0.29, 0.717) is 5.56 Å². The SMILES string of the molecule is O=C(Cl)Cc1cc2ccc(C(F)(F)F)cc2c2cc(C(F)(F)F)ccc12. The summed E-state index contributed by atoms with van der Waals surface area (Å²) < 4.78 is 78.1. The van der Waals surface area contributed by atoms with Crippen LogP contribution in [-0.4, -0.2) is 5.24 Å². The van der Waals surface area contributed by atoms with E-state index in [1.54, 1.807) is 0 Å². The van der Waals surface area contributed by atoms with Crippen LogP contribution in [0, 0.1) is 0 Å². The zero-order valence-electron chi connectivity index (χ0n) is 12.8. The van der Waals surface area contributed by atoms with Gasteiger partial charge in [0, 0.05) is 6.42 Å². The summed E-state index contributed by atoms with van der Waals surface area (Å²) >= 11 is 5.39. The van der Waals surface area contributed by atoms with Crippen LogP contribution in [0.1, 0.15) is 16.7 Å². The van der Waals surface area contributed by atoms with Crippen LogP contribution in [0.15, 0.2) is 42.5 Å². The molecule has 0 atom stereocenters. The van der Waals surface area contributed by atoms with Gasteiger partial charge in [-0.2, -0.15) is 26.3 Å². The van der Waals surface area contributed by atoms with Crippen LogP contribution in [0.25, 0.3) is 21.5 Å². The van der Waals surface area contributed by atoms with Crippen LogP contribution in [-0.2, 0) is 23.6 Å². The molecule has 0 bridgehead atoms. The Labute approximate surface area is 148 Å². The highest BCUT2D eigenvalue weighted by Crippen LogP contribution is 2.38. The third kappa shape index (κ3) is 3.49. The van der Waals surface area contributed by atoms with Crippen molar-refractivity contribution in [1.82, 2.24) is 0 Å². The maximum absolute atomic E-state index is 13.0. The molecule has 26 heavy (non-hydrogen) atoms. The van der Waals surface area contributed by atoms with E-state index in [0.717, 1.165) is 30.3 Å². The highest BCUT2D eigenvalue weighted by atomic mass is 35.5. The van der Waals surface area contributed by atoms with Crippen LogP contribution in [0.5, 0.6) is 0 Å². The van der Waals surface area contributed by atoms with Gasteiger partial charge in [0.05, 0.1) is 11.1 Å². The Balaban J connectivity index is 2.41. The number of carbonyl (C=O) groups excluding carboxylic acids is 1. The molecule has 3 aromatic carbocycles. The topological polar surface area (TPSA) is 17.1 Å². The van der Waals surface area contributed by atoms with E-state index in [1.807, 2.05) is 0 Å². The molecule has 0 aliphatic rings. The van der Waals surface area contributed by atoms with Crippen LogP contribution in [0.3, 0.4) is 0 Å². The molecule has 8 heteroatoms. The number of benzene rings is 3. The van der Waals surface area contributed by atoms with E-state index in [9.17, 15) is 31.1 Å². The molecule has 0 saturated heterocycles. The Bertz CT molecular complexity index is 1020. The van der Waals surface area contributed by atoms with Crippen molar-refractivity contribution in [3.05, 3.63) is 59.2 Å². The van der Waals surface area contributed by atoms with E-state index in [-0.39, 0.29) is 28.0 Å². The average molecular weight is 391 g/mol. The molecule has 3 rings (SSSR count). The minimum Gasteiger partial charge on any atom is -0.281 e. The maximum Gasteiger partial charge on any atom is 0.416 e. The summed E-state index contributed by atoms with van der Waals surface area (Å²) in [5.74, 6) is 0. The first-order chi connectivity index (χ1) is 12.0. The van der Waals surface area contributed by atoms with Crippen molar-refractivity contribution in [2.45, 2.75) is 18.8 Å². The molecule has 0 spiro atoms. The van der Waals surface area contributed by atoms with E-state index in [1.165, 1.54) is 12.1 Å². The quantitative estimate of drug-likeness (QED) is 0.283. The summed E-state index contributed by atoms with van der Waals surface area (Å²) in [6.45, 7) is 0. The van der Waals surface area contributed by atoms with Gasteiger partial charge >= 0.3 is 12.4 Å². The van der Waals surface area contributed by atoms with Gasteiger partial charge < -0.3 is 0 Å². The van der Waals surface area contributed by atoms with Gasteiger partial charge in [-0.15, -0.1) is 0 Å². The van der Waals surface area contributed by atoms with Gasteiger partial charge in [0.1, 0.15) is 0 Å². The number of rotatable bonds is 2. The maximum atomic E-state index is 13.0. The van der Waals surface area contributed by atoms with Crippen molar-refractivity contribution in [2.24, 2.45) is 0 Å². The van der Waals surface area contributed by atoms with Crippen LogP contribution in [0.2, 0.25) is 0 Å². The molecule has 0 aliphatic carbocycles. The van der Waals surface area contributed by atoms with Crippen molar-refractivity contribution in [3.8, 4) is 0 Å². The smallest absolute Gasteiger partial charge is 0.281 e. The summed E-state index contributed by atoms with van der Waals surface area (Å²) in [6, 6.07) is 7.04. The zero-order chi connectivity index (χ0) is 19.3. The molecule has 0 saturated carbocycles. The fourth-order valence-electron chi connectivity index (χ4n) is 2.88. The summed E-state index contributed by atoms with van der Waals surface area (Å²) in [7, 11) is 0. The van der Waals surface area contributed by atoms with Crippen molar-refractivity contribution in [3.63, 3.8) is 0 Å². The molecule has 0 amide bonds. The monoisotopic (exact) mass is 390 g/mol. The molecular weight excluding hydrogens is 382 g/mol. The van der Waals surface area contributed by atoms with Crippen LogP contribution < -0.4 is 0 Å². The van der Waals surface area contributed by atoms with Gasteiger partial charge in [-0.25, -0.2) is 0 Å². The predicted molar refractivity (Wildman–Crippen MR) is 86.0 cm³/mol. The lowest BCUT2D eigenvalue weighted by Gasteiger charge is -2.14. The normalized spacial score (nSPS) is 12.7. The zero-order valence-corrected chi connectivity index (χ0v) is 13.6. The Morgan fingerprint density at radius 2 is 1.31 bits per heavy atom. The second-order valence-corrected chi connectivity index (χ2v) is 6.18. The molecule has 0 heterocycles. The molecule has 0 aromatic heterocycles. The first-order valence-electron chi connectivity index (χ1n) is 7.29. The Kier molecular flexibility index (Phi) is 4.38. The molecule has 0 N–H and O–H groups in total. The van der Waals surface area contributed by atoms with Gasteiger partial charge in [0.25, 0.3) is 0 Å². The Morgan fingerprint density at radius 1 is 0.769 bits per heavy atom. The average Bonchev–Trinajstić information content (AvgIpc) is 2.52. The van der Waals surface area contributed by atoms with Gasteiger partial charge in [-0.3, -0.25) is 4.79 Å². The number of hydrogen-bond donors (Lipinski definition) is 0. The molecule has 3 aromatic rings. The van der Waals surface area contributed by atoms with Crippen LogP contribution >= 0.6 is 11.6 Å². The number of halogens is 7. The molecule has 0 unspecified atom stereocenters. The van der Waals surface area contributed by atoms with Crippen molar-refractivity contribution in [2.75, 3.05) is 0 Å². The number of fused-ring (bicyclic) bond motifs is 3. The largest absolute Gasteiger partial charge is 0.416 e. The predicted octanol–water partition coefficient (Wildman–Crippen LogP) is 6.34. The molecule has 0 radical (unpaired) electrons. The van der Waals surface area contributed by atoms with Gasteiger partial charge in [0.2, 0.25) is 5.24 Å². The highest BCUT2D eigenvalue weighted by molar-refractivity contribution is 6.63. The van der Waals surface area contributed by atoms with E-state index in [2.05, 4.69) is 0 Å². The second kappa shape index (κ2) is 6.16. The van der Waals surface area contributed by atoms with Gasteiger partial charge in [0.15, 0.2) is 0 Å². The summed E-state index contributed by atoms with van der Waals surface area (Å²) in [4.78, 5) is 11.2. The molecular formula is C18H9ClF6O. The Hall–Kier alpha value is -2.28. The second-order valence-electron chi connectivity index (χ2n) is 5.76. The van der Waals surface area contributed by atoms with E-state index >= 15 is 0 Å². The highest BCUT2D eigenvalue weighted by Gasteiger charge is 2.32. The van der Waals surface area contributed by atoms with Gasteiger partial charge in [-0.05, 0) is 63.0 Å². The summed E-state index contributed by atoms with van der Waals surface area (Å²) in [5, 5.41) is -0.183. The molecule has 1 nitrogen and oxygen atoms in total. The first kappa shape index (κ1) is 18.5. The number of hydrogen-bond acceptors (Lipinski definition) is 1. The number of alkyl halides is 6. The van der Waals surface area contributed by atoms with Crippen molar-refractivity contribution in [1.29, 1.82) is 0 Å². The summed E-state index contributed by atoms with van der Waals surface area (Å²) in [5.41, 5.74) is -1.61. The van der Waals surface area contributed by atoms with Crippen LogP contribution in [0.4, 0.5) is 26.3 Å². The minimum atomic E-state index is -4.65. The van der Waals surface area contributed by atoms with E-state index in [4.69, 9.17) is 11.6 Å². The third-order valence-corrected chi connectivity index (χ3v) is 4.16. The lowest BCUT2D eigenvalue weighted by molar-refractivity contribution is -0.138. The van der Waals surface area contributed by atoms with Gasteiger partial charge in [-0.1, -0.05) is 18.2 Å². The lowest BCUT2D eigenvalue weighted by atomic mass is 9.93. The third-order valence-electron chi connectivity index (χ3n) is 4.02. The molecule has 136 valence electrons.